The van der Waals surface area contributed by atoms with Crippen LogP contribution >= 0.6 is 0 Å². The molecule has 0 unspecified atom stereocenters. The molecule has 7 heteroatoms. The van der Waals surface area contributed by atoms with Crippen LogP contribution in [-0.2, 0) is 16.8 Å². The van der Waals surface area contributed by atoms with Gasteiger partial charge in [0, 0.05) is 24.0 Å². The van der Waals surface area contributed by atoms with Crippen LogP contribution in [0.2, 0.25) is 0 Å². The molecule has 2 aromatic heterocycles. The molecule has 2 aliphatic rings. The molecule has 4 heterocycles. The Balaban J connectivity index is 1.44. The molecule has 2 aliphatic heterocycles. The third-order valence-electron chi connectivity index (χ3n) is 5.74. The van der Waals surface area contributed by atoms with E-state index < -0.39 is 5.97 Å². The molecule has 0 aliphatic carbocycles. The lowest BCUT2D eigenvalue weighted by Gasteiger charge is -2.44. The highest BCUT2D eigenvalue weighted by atomic mass is 16.5. The lowest BCUT2D eigenvalue weighted by Crippen LogP contribution is -2.47. The van der Waals surface area contributed by atoms with Crippen molar-refractivity contribution in [3.8, 4) is 0 Å². The maximum Gasteiger partial charge on any atom is 0.356 e. The van der Waals surface area contributed by atoms with Crippen LogP contribution in [0.15, 0.2) is 36.7 Å². The summed E-state index contributed by atoms with van der Waals surface area (Å²) < 4.78 is 6.32. The minimum absolute atomic E-state index is 0.0281. The number of piperidine rings is 1. The van der Waals surface area contributed by atoms with E-state index in [1.54, 1.807) is 6.20 Å². The predicted molar refractivity (Wildman–Crippen MR) is 100 cm³/mol. The summed E-state index contributed by atoms with van der Waals surface area (Å²) in [5.74, 6) is -0.450. The maximum absolute atomic E-state index is 11.2. The average molecular weight is 364 g/mol. The highest BCUT2D eigenvalue weighted by Gasteiger charge is 2.43. The van der Waals surface area contributed by atoms with Gasteiger partial charge in [-0.2, -0.15) is 0 Å². The van der Waals surface area contributed by atoms with Crippen LogP contribution in [0.5, 0.6) is 0 Å². The number of carbonyl (C=O) groups is 1. The average Bonchev–Trinajstić information content (AvgIpc) is 3.09. The standard InChI is InChI=1S/C20H20N4O3/c25-19(26)16-11-21-12-17(22-16)24-8-6-20(7-9-24)18-14(5-10-27-20)13-3-1-2-4-15(13)23-18/h1-4,11-12,23H,5-10H2,(H,25,26). The Morgan fingerprint density at radius 1 is 1.22 bits per heavy atom. The second kappa shape index (κ2) is 6.06. The number of aromatic nitrogens is 3. The lowest BCUT2D eigenvalue weighted by atomic mass is 9.83. The lowest BCUT2D eigenvalue weighted by molar-refractivity contribution is -0.0791. The highest BCUT2D eigenvalue weighted by Crippen LogP contribution is 2.43. The number of nitrogens with zero attached hydrogens (tertiary/aromatic N) is 3. The SMILES string of the molecule is O=C(O)c1cncc(N2CCC3(CC2)OCCc2c3[nH]c3ccccc23)n1. The van der Waals surface area contributed by atoms with Crippen LogP contribution < -0.4 is 4.90 Å². The summed E-state index contributed by atoms with van der Waals surface area (Å²) >= 11 is 0. The molecule has 0 bridgehead atoms. The van der Waals surface area contributed by atoms with E-state index in [2.05, 4.69) is 44.1 Å². The zero-order valence-corrected chi connectivity index (χ0v) is 14.8. The molecule has 0 atom stereocenters. The quantitative estimate of drug-likeness (QED) is 0.726. The summed E-state index contributed by atoms with van der Waals surface area (Å²) in [5, 5.41) is 10.4. The normalized spacial score (nSPS) is 18.6. The van der Waals surface area contributed by atoms with E-state index in [0.717, 1.165) is 44.5 Å². The fourth-order valence-electron chi connectivity index (χ4n) is 4.37. The van der Waals surface area contributed by atoms with Crippen molar-refractivity contribution in [1.82, 2.24) is 15.0 Å². The van der Waals surface area contributed by atoms with Crippen LogP contribution in [-0.4, -0.2) is 45.7 Å². The fraction of sp³-hybridized carbons (Fsp3) is 0.350. The van der Waals surface area contributed by atoms with Crippen LogP contribution in [0, 0.1) is 0 Å². The van der Waals surface area contributed by atoms with Crippen molar-refractivity contribution in [3.63, 3.8) is 0 Å². The van der Waals surface area contributed by atoms with Gasteiger partial charge in [0.2, 0.25) is 0 Å². The van der Waals surface area contributed by atoms with E-state index in [4.69, 9.17) is 9.84 Å². The van der Waals surface area contributed by atoms with Gasteiger partial charge in [0.05, 0.1) is 24.7 Å². The molecule has 138 valence electrons. The Morgan fingerprint density at radius 3 is 2.85 bits per heavy atom. The summed E-state index contributed by atoms with van der Waals surface area (Å²) in [5.41, 5.74) is 3.41. The van der Waals surface area contributed by atoms with Gasteiger partial charge in [0.1, 0.15) is 11.4 Å². The third-order valence-corrected chi connectivity index (χ3v) is 5.74. The van der Waals surface area contributed by atoms with E-state index in [1.165, 1.54) is 22.8 Å². The van der Waals surface area contributed by atoms with Crippen LogP contribution in [0.3, 0.4) is 0 Å². The molecule has 1 aromatic carbocycles. The van der Waals surface area contributed by atoms with Gasteiger partial charge in [-0.1, -0.05) is 18.2 Å². The summed E-state index contributed by atoms with van der Waals surface area (Å²) in [4.78, 5) is 25.1. The van der Waals surface area contributed by atoms with Crippen molar-refractivity contribution >= 4 is 22.7 Å². The van der Waals surface area contributed by atoms with Crippen molar-refractivity contribution in [2.75, 3.05) is 24.6 Å². The van der Waals surface area contributed by atoms with E-state index in [0.29, 0.717) is 5.82 Å². The van der Waals surface area contributed by atoms with Gasteiger partial charge in [-0.25, -0.2) is 9.78 Å². The molecule has 0 amide bonds. The highest BCUT2D eigenvalue weighted by molar-refractivity contribution is 5.86. The number of anilines is 1. The number of benzene rings is 1. The molecular formula is C20H20N4O3. The number of aromatic carboxylic acids is 1. The van der Waals surface area contributed by atoms with Gasteiger partial charge in [0.15, 0.2) is 5.69 Å². The van der Waals surface area contributed by atoms with Gasteiger partial charge in [-0.15, -0.1) is 0 Å². The van der Waals surface area contributed by atoms with Crippen molar-refractivity contribution < 1.29 is 14.6 Å². The van der Waals surface area contributed by atoms with Crippen molar-refractivity contribution in [3.05, 3.63) is 53.6 Å². The molecule has 5 rings (SSSR count). The number of ether oxygens (including phenoxy) is 1. The molecule has 0 saturated carbocycles. The van der Waals surface area contributed by atoms with Gasteiger partial charge < -0.3 is 19.7 Å². The van der Waals surface area contributed by atoms with E-state index in [9.17, 15) is 4.79 Å². The first kappa shape index (κ1) is 16.3. The topological polar surface area (TPSA) is 91.3 Å². The first-order valence-electron chi connectivity index (χ1n) is 9.21. The summed E-state index contributed by atoms with van der Waals surface area (Å²) in [6.07, 6.45) is 5.48. The number of carboxylic acids is 1. The zero-order valence-electron chi connectivity index (χ0n) is 14.8. The Kier molecular flexibility index (Phi) is 3.65. The van der Waals surface area contributed by atoms with Crippen molar-refractivity contribution in [1.29, 1.82) is 0 Å². The summed E-state index contributed by atoms with van der Waals surface area (Å²) in [6.45, 7) is 2.21. The second-order valence-corrected chi connectivity index (χ2v) is 7.17. The Bertz CT molecular complexity index is 1020. The third kappa shape index (κ3) is 2.57. The molecule has 7 nitrogen and oxygen atoms in total. The molecule has 1 saturated heterocycles. The number of para-hydroxylation sites is 1. The van der Waals surface area contributed by atoms with Gasteiger partial charge in [0.25, 0.3) is 0 Å². The molecule has 0 radical (unpaired) electrons. The van der Waals surface area contributed by atoms with Gasteiger partial charge in [-0.3, -0.25) is 4.98 Å². The predicted octanol–water partition coefficient (Wildman–Crippen LogP) is 2.72. The minimum atomic E-state index is -1.06. The first-order valence-corrected chi connectivity index (χ1v) is 9.21. The number of hydrogen-bond donors (Lipinski definition) is 2. The number of nitrogens with one attached hydrogen (secondary N) is 1. The minimum Gasteiger partial charge on any atom is -0.476 e. The summed E-state index contributed by atoms with van der Waals surface area (Å²) in [7, 11) is 0. The Morgan fingerprint density at radius 2 is 2.04 bits per heavy atom. The number of carboxylic acid groups (broad SMARTS) is 1. The van der Waals surface area contributed by atoms with Crippen LogP contribution in [0.25, 0.3) is 10.9 Å². The van der Waals surface area contributed by atoms with Crippen molar-refractivity contribution in [2.24, 2.45) is 0 Å². The number of H-pyrrole nitrogens is 1. The van der Waals surface area contributed by atoms with Crippen molar-refractivity contribution in [2.45, 2.75) is 24.9 Å². The van der Waals surface area contributed by atoms with Crippen LogP contribution in [0.1, 0.15) is 34.6 Å². The molecular weight excluding hydrogens is 344 g/mol. The Labute approximate surface area is 156 Å². The molecule has 1 fully saturated rings. The number of aromatic amines is 1. The van der Waals surface area contributed by atoms with Gasteiger partial charge in [-0.05, 0) is 30.9 Å². The van der Waals surface area contributed by atoms with E-state index in [1.807, 2.05) is 0 Å². The molecule has 27 heavy (non-hydrogen) atoms. The second-order valence-electron chi connectivity index (χ2n) is 7.17. The fourth-order valence-corrected chi connectivity index (χ4v) is 4.37. The van der Waals surface area contributed by atoms with Gasteiger partial charge >= 0.3 is 5.97 Å². The monoisotopic (exact) mass is 364 g/mol. The zero-order chi connectivity index (χ0) is 18.4. The smallest absolute Gasteiger partial charge is 0.356 e. The molecule has 1 spiro atoms. The largest absolute Gasteiger partial charge is 0.476 e. The number of rotatable bonds is 2. The maximum atomic E-state index is 11.2. The molecule has 2 N–H and O–H groups in total. The molecule has 3 aromatic rings. The number of hydrogen-bond acceptors (Lipinski definition) is 5. The number of fused-ring (bicyclic) bond motifs is 4. The van der Waals surface area contributed by atoms with E-state index >= 15 is 0 Å². The Hall–Kier alpha value is -2.93. The summed E-state index contributed by atoms with van der Waals surface area (Å²) in [6, 6.07) is 8.42. The van der Waals surface area contributed by atoms with E-state index in [-0.39, 0.29) is 11.3 Å². The van der Waals surface area contributed by atoms with Crippen LogP contribution in [0.4, 0.5) is 5.82 Å². The first-order chi connectivity index (χ1) is 13.2.